The van der Waals surface area contributed by atoms with Crippen molar-refractivity contribution in [1.82, 2.24) is 5.32 Å². The van der Waals surface area contributed by atoms with Crippen LogP contribution in [-0.4, -0.2) is 22.1 Å². The molecule has 0 saturated heterocycles. The van der Waals surface area contributed by atoms with E-state index < -0.39 is 34.4 Å². The van der Waals surface area contributed by atoms with E-state index in [9.17, 15) is 22.8 Å². The van der Waals surface area contributed by atoms with Gasteiger partial charge in [0, 0.05) is 10.7 Å². The van der Waals surface area contributed by atoms with Crippen molar-refractivity contribution in [2.75, 3.05) is 5.32 Å². The summed E-state index contributed by atoms with van der Waals surface area (Å²) in [4.78, 5) is 30.6. The number of amides is 2. The molecule has 11 heteroatoms. The van der Waals surface area contributed by atoms with Crippen LogP contribution in [0.5, 0.6) is 0 Å². The van der Waals surface area contributed by atoms with Crippen LogP contribution in [0.25, 0.3) is 0 Å². The quantitative estimate of drug-likeness (QED) is 0.364. The molecule has 0 aliphatic carbocycles. The third-order valence-corrected chi connectivity index (χ3v) is 6.89. The molecule has 3 aromatic rings. The van der Waals surface area contributed by atoms with E-state index in [1.165, 1.54) is 12.1 Å². The first-order valence-corrected chi connectivity index (χ1v) is 12.2. The molecule has 1 heterocycles. The fraction of sp³-hybridized carbons (Fsp3) is 0.115. The number of carbonyl (C=O) groups excluding carboxylic acids is 2. The van der Waals surface area contributed by atoms with E-state index in [1.54, 1.807) is 36.4 Å². The molecule has 1 aliphatic rings. The highest BCUT2D eigenvalue weighted by Crippen LogP contribution is 2.36. The maximum atomic E-state index is 13.5. The van der Waals surface area contributed by atoms with Crippen LogP contribution in [0, 0.1) is 6.92 Å². The SMILES string of the molecule is Cc1ccccc1N=C1SC(C(=O)Nc2ccc(Cl)cc2)C(N)=C1NC(=O)c1ccccc1C(F)(F)F. The monoisotopic (exact) mass is 544 g/mol. The molecule has 0 bridgehead atoms. The van der Waals surface area contributed by atoms with Gasteiger partial charge in [-0.25, -0.2) is 4.99 Å². The normalized spacial score (nSPS) is 16.7. The van der Waals surface area contributed by atoms with E-state index in [2.05, 4.69) is 15.6 Å². The van der Waals surface area contributed by atoms with Crippen molar-refractivity contribution in [2.45, 2.75) is 18.3 Å². The lowest BCUT2D eigenvalue weighted by Gasteiger charge is -2.14. The zero-order valence-electron chi connectivity index (χ0n) is 19.3. The van der Waals surface area contributed by atoms with Gasteiger partial charge in [0.25, 0.3) is 5.91 Å². The standard InChI is InChI=1S/C26H20ClF3N4O2S/c1-14-6-2-5-9-19(14)33-25-21(34-23(35)17-7-3-4-8-18(17)26(28,29)30)20(31)22(37-25)24(36)32-16-12-10-15(27)11-13-16/h2-13,22H,31H2,1H3,(H,32,36)(H,34,35). The minimum absolute atomic E-state index is 0.0218. The Morgan fingerprint density at radius 2 is 1.62 bits per heavy atom. The molecule has 2 amide bonds. The van der Waals surface area contributed by atoms with Crippen LogP contribution < -0.4 is 16.4 Å². The Balaban J connectivity index is 1.70. The van der Waals surface area contributed by atoms with E-state index >= 15 is 0 Å². The van der Waals surface area contributed by atoms with Crippen LogP contribution in [0.2, 0.25) is 5.02 Å². The topological polar surface area (TPSA) is 96.6 Å². The Kier molecular flexibility index (Phi) is 7.60. The van der Waals surface area contributed by atoms with Crippen LogP contribution in [0.15, 0.2) is 89.2 Å². The van der Waals surface area contributed by atoms with Crippen LogP contribution in [0.3, 0.4) is 0 Å². The Bertz CT molecular complexity index is 1420. The molecule has 4 N–H and O–H groups in total. The van der Waals surface area contributed by atoms with Crippen LogP contribution in [-0.2, 0) is 11.0 Å². The lowest BCUT2D eigenvalue weighted by Crippen LogP contribution is -2.32. The molecule has 0 fully saturated rings. The molecule has 0 aromatic heterocycles. The Hall–Kier alpha value is -3.76. The summed E-state index contributed by atoms with van der Waals surface area (Å²) in [6.07, 6.45) is -4.74. The van der Waals surface area contributed by atoms with Gasteiger partial charge in [0.2, 0.25) is 5.91 Å². The number of benzene rings is 3. The van der Waals surface area contributed by atoms with E-state index in [0.717, 1.165) is 29.5 Å². The summed E-state index contributed by atoms with van der Waals surface area (Å²) < 4.78 is 40.5. The smallest absolute Gasteiger partial charge is 0.399 e. The summed E-state index contributed by atoms with van der Waals surface area (Å²) in [5, 5.41) is 4.88. The number of rotatable bonds is 5. The number of aryl methyl sites for hydroxylation is 1. The third kappa shape index (κ3) is 5.98. The summed E-state index contributed by atoms with van der Waals surface area (Å²) in [5.41, 5.74) is 6.40. The highest BCUT2D eigenvalue weighted by atomic mass is 35.5. The number of aliphatic imine (C=N–C) groups is 1. The van der Waals surface area contributed by atoms with Gasteiger partial charge in [-0.2, -0.15) is 13.2 Å². The summed E-state index contributed by atoms with van der Waals surface area (Å²) in [7, 11) is 0. The van der Waals surface area contributed by atoms with Gasteiger partial charge >= 0.3 is 6.18 Å². The van der Waals surface area contributed by atoms with Gasteiger partial charge in [-0.1, -0.05) is 53.7 Å². The van der Waals surface area contributed by atoms with E-state index in [1.807, 2.05) is 19.1 Å². The van der Waals surface area contributed by atoms with Crippen molar-refractivity contribution in [3.63, 3.8) is 0 Å². The lowest BCUT2D eigenvalue weighted by molar-refractivity contribution is -0.138. The molecule has 3 aromatic carbocycles. The molecule has 0 saturated carbocycles. The fourth-order valence-electron chi connectivity index (χ4n) is 3.54. The number of carbonyl (C=O) groups is 2. The molecule has 1 atom stereocenters. The lowest BCUT2D eigenvalue weighted by atomic mass is 10.1. The van der Waals surface area contributed by atoms with Crippen molar-refractivity contribution >= 4 is 51.6 Å². The second kappa shape index (κ2) is 10.7. The summed E-state index contributed by atoms with van der Waals surface area (Å²) in [5.74, 6) is -1.52. The van der Waals surface area contributed by atoms with E-state index in [-0.39, 0.29) is 16.4 Å². The molecule has 0 radical (unpaired) electrons. The molecule has 0 spiro atoms. The number of nitrogens with two attached hydrogens (primary N) is 1. The molecule has 6 nitrogen and oxygen atoms in total. The highest BCUT2D eigenvalue weighted by molar-refractivity contribution is 8.16. The first kappa shape index (κ1) is 26.3. The minimum Gasteiger partial charge on any atom is -0.399 e. The number of thioether (sulfide) groups is 1. The second-order valence-electron chi connectivity index (χ2n) is 8.03. The van der Waals surface area contributed by atoms with Crippen LogP contribution in [0.4, 0.5) is 24.5 Å². The number of nitrogens with one attached hydrogen (secondary N) is 2. The zero-order chi connectivity index (χ0) is 26.7. The zero-order valence-corrected chi connectivity index (χ0v) is 20.8. The van der Waals surface area contributed by atoms with Crippen LogP contribution in [0.1, 0.15) is 21.5 Å². The van der Waals surface area contributed by atoms with Crippen molar-refractivity contribution in [2.24, 2.45) is 10.7 Å². The number of anilines is 1. The first-order chi connectivity index (χ1) is 17.5. The number of hydrogen-bond acceptors (Lipinski definition) is 5. The van der Waals surface area contributed by atoms with Gasteiger partial charge in [0.15, 0.2) is 0 Å². The minimum atomic E-state index is -4.74. The van der Waals surface area contributed by atoms with Crippen molar-refractivity contribution in [1.29, 1.82) is 0 Å². The average Bonchev–Trinajstić information content (AvgIpc) is 3.16. The molecule has 1 aliphatic heterocycles. The molecular formula is C26H20ClF3N4O2S. The van der Waals surface area contributed by atoms with E-state index in [4.69, 9.17) is 17.3 Å². The van der Waals surface area contributed by atoms with E-state index in [0.29, 0.717) is 16.4 Å². The van der Waals surface area contributed by atoms with Crippen molar-refractivity contribution < 1.29 is 22.8 Å². The molecule has 37 heavy (non-hydrogen) atoms. The number of para-hydroxylation sites is 1. The highest BCUT2D eigenvalue weighted by Gasteiger charge is 2.38. The summed E-state index contributed by atoms with van der Waals surface area (Å²) in [6, 6.07) is 18.0. The number of hydrogen-bond donors (Lipinski definition) is 3. The van der Waals surface area contributed by atoms with Gasteiger partial charge in [0.05, 0.1) is 28.2 Å². The maximum Gasteiger partial charge on any atom is 0.417 e. The number of halogens is 4. The predicted octanol–water partition coefficient (Wildman–Crippen LogP) is 6.05. The predicted molar refractivity (Wildman–Crippen MR) is 140 cm³/mol. The molecule has 1 unspecified atom stereocenters. The molecule has 4 rings (SSSR count). The third-order valence-electron chi connectivity index (χ3n) is 5.42. The molecule has 190 valence electrons. The largest absolute Gasteiger partial charge is 0.417 e. The van der Waals surface area contributed by atoms with Crippen LogP contribution >= 0.6 is 23.4 Å². The summed E-state index contributed by atoms with van der Waals surface area (Å²) in [6.45, 7) is 1.83. The molecular weight excluding hydrogens is 525 g/mol. The van der Waals surface area contributed by atoms with Gasteiger partial charge in [-0.3, -0.25) is 9.59 Å². The number of nitrogens with zero attached hydrogens (tertiary/aromatic N) is 1. The second-order valence-corrected chi connectivity index (χ2v) is 9.56. The fourth-order valence-corrected chi connectivity index (χ4v) is 4.74. The maximum absolute atomic E-state index is 13.5. The Morgan fingerprint density at radius 1 is 0.973 bits per heavy atom. The van der Waals surface area contributed by atoms with Crippen molar-refractivity contribution in [3.05, 3.63) is 106 Å². The first-order valence-electron chi connectivity index (χ1n) is 10.9. The van der Waals surface area contributed by atoms with Crippen molar-refractivity contribution in [3.8, 4) is 0 Å². The Labute approximate surface area is 219 Å². The number of alkyl halides is 3. The average molecular weight is 545 g/mol. The summed E-state index contributed by atoms with van der Waals surface area (Å²) >= 11 is 6.88. The Morgan fingerprint density at radius 3 is 2.30 bits per heavy atom. The van der Waals surface area contributed by atoms with Gasteiger partial charge in [-0.05, 0) is 55.0 Å². The van der Waals surface area contributed by atoms with Gasteiger partial charge < -0.3 is 16.4 Å². The van der Waals surface area contributed by atoms with Gasteiger partial charge in [-0.15, -0.1) is 0 Å². The van der Waals surface area contributed by atoms with Gasteiger partial charge in [0.1, 0.15) is 10.3 Å².